The van der Waals surface area contributed by atoms with Crippen molar-refractivity contribution in [1.29, 1.82) is 0 Å². The first-order valence-corrected chi connectivity index (χ1v) is 7.77. The number of amides is 1. The van der Waals surface area contributed by atoms with Gasteiger partial charge in [0.15, 0.2) is 0 Å². The Labute approximate surface area is 126 Å². The maximum atomic E-state index is 11.8. The van der Waals surface area contributed by atoms with Crippen molar-refractivity contribution < 1.29 is 4.79 Å². The largest absolute Gasteiger partial charge is 0.354 e. The van der Waals surface area contributed by atoms with Gasteiger partial charge >= 0.3 is 0 Å². The van der Waals surface area contributed by atoms with E-state index < -0.39 is 0 Å². The molecule has 1 aromatic carbocycles. The summed E-state index contributed by atoms with van der Waals surface area (Å²) >= 11 is 0. The third kappa shape index (κ3) is 4.06. The number of aryl methyl sites for hydroxylation is 1. The van der Waals surface area contributed by atoms with Crippen LogP contribution in [0.5, 0.6) is 0 Å². The number of benzene rings is 1. The molecule has 0 saturated carbocycles. The third-order valence-electron chi connectivity index (χ3n) is 3.77. The Balaban J connectivity index is 2.01. The first-order chi connectivity index (χ1) is 9.99. The lowest BCUT2D eigenvalue weighted by Crippen LogP contribution is -2.31. The van der Waals surface area contributed by atoms with E-state index in [0.717, 1.165) is 29.7 Å². The van der Waals surface area contributed by atoms with Gasteiger partial charge in [-0.05, 0) is 37.5 Å². The van der Waals surface area contributed by atoms with E-state index >= 15 is 0 Å². The maximum absolute atomic E-state index is 11.8. The molecule has 0 aliphatic carbocycles. The van der Waals surface area contributed by atoms with Crippen LogP contribution < -0.4 is 5.32 Å². The van der Waals surface area contributed by atoms with Crippen molar-refractivity contribution in [2.45, 2.75) is 58.9 Å². The average Bonchev–Trinajstić information content (AvgIpc) is 2.88. The van der Waals surface area contributed by atoms with Gasteiger partial charge in [0.1, 0.15) is 5.82 Å². The average molecular weight is 287 g/mol. The summed E-state index contributed by atoms with van der Waals surface area (Å²) in [4.78, 5) is 19.7. The predicted molar refractivity (Wildman–Crippen MR) is 86.4 cm³/mol. The van der Waals surface area contributed by atoms with Crippen molar-refractivity contribution in [2.24, 2.45) is 0 Å². The molecule has 0 radical (unpaired) electrons. The Kier molecular flexibility index (Phi) is 4.99. The highest BCUT2D eigenvalue weighted by Crippen LogP contribution is 2.19. The fourth-order valence-electron chi connectivity index (χ4n) is 2.21. The predicted octanol–water partition coefficient (Wildman–Crippen LogP) is 3.53. The number of carbonyl (C=O) groups excluding carboxylic acids is 1. The van der Waals surface area contributed by atoms with Crippen LogP contribution in [0, 0.1) is 0 Å². The summed E-state index contributed by atoms with van der Waals surface area (Å²) in [6.07, 6.45) is 2.25. The van der Waals surface area contributed by atoms with E-state index in [9.17, 15) is 4.79 Å². The van der Waals surface area contributed by atoms with E-state index in [1.165, 1.54) is 5.56 Å². The van der Waals surface area contributed by atoms with Crippen molar-refractivity contribution in [3.63, 3.8) is 0 Å². The zero-order valence-electron chi connectivity index (χ0n) is 13.4. The Bertz CT molecular complexity index is 616. The molecule has 2 rings (SSSR count). The van der Waals surface area contributed by atoms with Crippen LogP contribution >= 0.6 is 0 Å². The topological polar surface area (TPSA) is 57.8 Å². The van der Waals surface area contributed by atoms with Crippen LogP contribution in [-0.4, -0.2) is 21.9 Å². The minimum Gasteiger partial charge on any atom is -0.354 e. The van der Waals surface area contributed by atoms with Gasteiger partial charge in [-0.15, -0.1) is 0 Å². The zero-order valence-corrected chi connectivity index (χ0v) is 13.4. The van der Waals surface area contributed by atoms with Crippen LogP contribution in [-0.2, 0) is 11.2 Å². The van der Waals surface area contributed by atoms with Crippen molar-refractivity contribution in [1.82, 2.24) is 15.3 Å². The SMILES string of the molecule is CCC(C)NC(=O)CCc1ccc2nc(C(C)C)[nH]c2c1. The number of carbonyl (C=O) groups is 1. The zero-order chi connectivity index (χ0) is 15.4. The van der Waals surface area contributed by atoms with E-state index in [1.54, 1.807) is 0 Å². The summed E-state index contributed by atoms with van der Waals surface area (Å²) in [5, 5.41) is 3.00. The molecule has 114 valence electrons. The summed E-state index contributed by atoms with van der Waals surface area (Å²) in [5.41, 5.74) is 3.21. The molecule has 0 saturated heterocycles. The van der Waals surface area contributed by atoms with Crippen molar-refractivity contribution >= 4 is 16.9 Å². The molecule has 0 spiro atoms. The lowest BCUT2D eigenvalue weighted by molar-refractivity contribution is -0.121. The number of hydrogen-bond donors (Lipinski definition) is 2. The van der Waals surface area contributed by atoms with E-state index in [0.29, 0.717) is 12.3 Å². The number of aromatic nitrogens is 2. The number of rotatable bonds is 6. The standard InChI is InChI=1S/C17H25N3O/c1-5-12(4)18-16(21)9-7-13-6-8-14-15(10-13)20-17(19-14)11(2)3/h6,8,10-12H,5,7,9H2,1-4H3,(H,18,21)(H,19,20). The number of nitrogens with zero attached hydrogens (tertiary/aromatic N) is 1. The molecular formula is C17H25N3O. The Morgan fingerprint density at radius 3 is 2.76 bits per heavy atom. The minimum atomic E-state index is 0.122. The summed E-state index contributed by atoms with van der Waals surface area (Å²) < 4.78 is 0. The molecule has 1 aromatic heterocycles. The highest BCUT2D eigenvalue weighted by molar-refractivity contribution is 5.78. The van der Waals surface area contributed by atoms with Crippen molar-refractivity contribution in [2.75, 3.05) is 0 Å². The quantitative estimate of drug-likeness (QED) is 0.854. The number of hydrogen-bond acceptors (Lipinski definition) is 2. The van der Waals surface area contributed by atoms with Gasteiger partial charge in [-0.25, -0.2) is 4.98 Å². The summed E-state index contributed by atoms with van der Waals surface area (Å²) in [5.74, 6) is 1.52. The Hall–Kier alpha value is -1.84. The fourth-order valence-corrected chi connectivity index (χ4v) is 2.21. The van der Waals surface area contributed by atoms with Gasteiger partial charge in [0.2, 0.25) is 5.91 Å². The molecule has 1 heterocycles. The molecule has 1 unspecified atom stereocenters. The highest BCUT2D eigenvalue weighted by Gasteiger charge is 2.09. The molecule has 21 heavy (non-hydrogen) atoms. The molecule has 4 nitrogen and oxygen atoms in total. The number of nitrogens with one attached hydrogen (secondary N) is 2. The molecule has 2 aromatic rings. The third-order valence-corrected chi connectivity index (χ3v) is 3.77. The molecule has 0 fully saturated rings. The van der Waals surface area contributed by atoms with E-state index in [4.69, 9.17) is 0 Å². The van der Waals surface area contributed by atoms with Crippen LogP contribution in [0.4, 0.5) is 0 Å². The molecular weight excluding hydrogens is 262 g/mol. The van der Waals surface area contributed by atoms with E-state index in [2.05, 4.69) is 48.2 Å². The minimum absolute atomic E-state index is 0.122. The number of fused-ring (bicyclic) bond motifs is 1. The van der Waals surface area contributed by atoms with Gasteiger partial charge in [-0.1, -0.05) is 26.8 Å². The fraction of sp³-hybridized carbons (Fsp3) is 0.529. The van der Waals surface area contributed by atoms with Gasteiger partial charge in [0.05, 0.1) is 11.0 Å². The smallest absolute Gasteiger partial charge is 0.220 e. The summed E-state index contributed by atoms with van der Waals surface area (Å²) in [7, 11) is 0. The molecule has 2 N–H and O–H groups in total. The van der Waals surface area contributed by atoms with Crippen LogP contribution in [0.15, 0.2) is 18.2 Å². The molecule has 0 bridgehead atoms. The maximum Gasteiger partial charge on any atom is 0.220 e. The highest BCUT2D eigenvalue weighted by atomic mass is 16.1. The Morgan fingerprint density at radius 1 is 1.33 bits per heavy atom. The first-order valence-electron chi connectivity index (χ1n) is 7.77. The molecule has 1 atom stereocenters. The number of H-pyrrole nitrogens is 1. The van der Waals surface area contributed by atoms with Gasteiger partial charge in [-0.3, -0.25) is 4.79 Å². The summed E-state index contributed by atoms with van der Waals surface area (Å²) in [6, 6.07) is 6.44. The van der Waals surface area contributed by atoms with Crippen LogP contribution in [0.25, 0.3) is 11.0 Å². The second-order valence-corrected chi connectivity index (χ2v) is 6.01. The Morgan fingerprint density at radius 2 is 2.10 bits per heavy atom. The van der Waals surface area contributed by atoms with Crippen LogP contribution in [0.2, 0.25) is 0 Å². The van der Waals surface area contributed by atoms with Crippen LogP contribution in [0.3, 0.4) is 0 Å². The van der Waals surface area contributed by atoms with Crippen molar-refractivity contribution in [3.05, 3.63) is 29.6 Å². The molecule has 4 heteroatoms. The lowest BCUT2D eigenvalue weighted by Gasteiger charge is -2.11. The monoisotopic (exact) mass is 287 g/mol. The van der Waals surface area contributed by atoms with Gasteiger partial charge < -0.3 is 10.3 Å². The second-order valence-electron chi connectivity index (χ2n) is 6.01. The first kappa shape index (κ1) is 15.5. The number of imidazole rings is 1. The lowest BCUT2D eigenvalue weighted by atomic mass is 10.1. The van der Waals surface area contributed by atoms with Gasteiger partial charge in [-0.2, -0.15) is 0 Å². The molecule has 1 amide bonds. The van der Waals surface area contributed by atoms with Crippen molar-refractivity contribution in [3.8, 4) is 0 Å². The molecule has 0 aliphatic rings. The second kappa shape index (κ2) is 6.74. The van der Waals surface area contributed by atoms with E-state index in [-0.39, 0.29) is 11.9 Å². The van der Waals surface area contributed by atoms with Gasteiger partial charge in [0.25, 0.3) is 0 Å². The summed E-state index contributed by atoms with van der Waals surface area (Å²) in [6.45, 7) is 8.35. The normalized spacial score (nSPS) is 12.8. The van der Waals surface area contributed by atoms with Crippen LogP contribution in [0.1, 0.15) is 57.8 Å². The molecule has 0 aliphatic heterocycles. The van der Waals surface area contributed by atoms with E-state index in [1.807, 2.05) is 13.0 Å². The number of aromatic amines is 1. The van der Waals surface area contributed by atoms with Gasteiger partial charge in [0, 0.05) is 18.4 Å².